The van der Waals surface area contributed by atoms with Crippen LogP contribution in [0.2, 0.25) is 0 Å². The van der Waals surface area contributed by atoms with E-state index in [-0.39, 0.29) is 0 Å². The topological polar surface area (TPSA) is 58.5 Å². The van der Waals surface area contributed by atoms with E-state index in [0.29, 0.717) is 24.1 Å². The third kappa shape index (κ3) is 3.96. The van der Waals surface area contributed by atoms with Crippen LogP contribution < -0.4 is 0 Å². The fourth-order valence-electron chi connectivity index (χ4n) is 2.62. The molecule has 0 amide bonds. The van der Waals surface area contributed by atoms with Crippen LogP contribution in [0.4, 0.5) is 0 Å². The van der Waals surface area contributed by atoms with Crippen LogP contribution in [0.1, 0.15) is 26.2 Å². The number of hydrogen-bond donors (Lipinski definition) is 0. The van der Waals surface area contributed by atoms with Crippen LogP contribution in [0.15, 0.2) is 27.2 Å². The van der Waals surface area contributed by atoms with E-state index < -0.39 is 0 Å². The summed E-state index contributed by atoms with van der Waals surface area (Å²) in [5, 5.41) is 8.15. The molecule has 3 rings (SSSR count). The van der Waals surface area contributed by atoms with Gasteiger partial charge in [0.25, 0.3) is 5.89 Å². The Morgan fingerprint density at radius 1 is 1.14 bits per heavy atom. The van der Waals surface area contributed by atoms with Crippen molar-refractivity contribution in [1.29, 1.82) is 0 Å². The molecule has 2 aromatic heterocycles. The van der Waals surface area contributed by atoms with Gasteiger partial charge in [0.15, 0.2) is 5.76 Å². The van der Waals surface area contributed by atoms with Crippen LogP contribution >= 0.6 is 0 Å². The van der Waals surface area contributed by atoms with Crippen LogP contribution in [-0.2, 0) is 6.54 Å². The number of rotatable bonds is 6. The van der Waals surface area contributed by atoms with E-state index in [9.17, 15) is 0 Å². The van der Waals surface area contributed by atoms with E-state index in [1.807, 2.05) is 12.1 Å². The Kier molecular flexibility index (Phi) is 4.90. The first-order chi connectivity index (χ1) is 10.7. The van der Waals surface area contributed by atoms with Crippen molar-refractivity contribution in [2.75, 3.05) is 32.7 Å². The summed E-state index contributed by atoms with van der Waals surface area (Å²) in [5.41, 5.74) is 0. The van der Waals surface area contributed by atoms with Gasteiger partial charge in [-0.15, -0.1) is 10.2 Å². The number of aromatic nitrogens is 2. The molecule has 1 aliphatic rings. The van der Waals surface area contributed by atoms with Gasteiger partial charge >= 0.3 is 0 Å². The van der Waals surface area contributed by atoms with Crippen LogP contribution in [0.5, 0.6) is 0 Å². The first-order valence-corrected chi connectivity index (χ1v) is 8.01. The zero-order valence-electron chi connectivity index (χ0n) is 13.4. The number of piperazine rings is 1. The van der Waals surface area contributed by atoms with E-state index in [4.69, 9.17) is 8.83 Å². The second-order valence-corrected chi connectivity index (χ2v) is 6.28. The molecule has 120 valence electrons. The van der Waals surface area contributed by atoms with E-state index >= 15 is 0 Å². The zero-order chi connectivity index (χ0) is 15.4. The zero-order valence-corrected chi connectivity index (χ0v) is 13.4. The van der Waals surface area contributed by atoms with Crippen LogP contribution in [0.3, 0.4) is 0 Å². The molecule has 0 atom stereocenters. The molecule has 0 aliphatic carbocycles. The van der Waals surface area contributed by atoms with Crippen molar-refractivity contribution < 1.29 is 8.83 Å². The number of hydrogen-bond acceptors (Lipinski definition) is 6. The highest BCUT2D eigenvalue weighted by Gasteiger charge is 2.19. The molecule has 6 nitrogen and oxygen atoms in total. The maximum absolute atomic E-state index is 5.67. The second-order valence-electron chi connectivity index (χ2n) is 6.28. The largest absolute Gasteiger partial charge is 0.459 e. The lowest BCUT2D eigenvalue weighted by molar-refractivity contribution is 0.116. The molecular formula is C16H24N4O2. The standard InChI is InChI=1S/C16H24N4O2/c1-13(2)5-6-19-7-9-20(10-8-19)12-15-17-18-16(22-15)14-4-3-11-21-14/h3-4,11,13H,5-10,12H2,1-2H3. The average molecular weight is 304 g/mol. The SMILES string of the molecule is CC(C)CCN1CCN(Cc2nnc(-c3ccco3)o2)CC1. The molecule has 0 aromatic carbocycles. The number of nitrogens with zero attached hydrogens (tertiary/aromatic N) is 4. The van der Waals surface area contributed by atoms with Crippen LogP contribution in [0, 0.1) is 5.92 Å². The van der Waals surface area contributed by atoms with E-state index in [0.717, 1.165) is 32.1 Å². The maximum Gasteiger partial charge on any atom is 0.283 e. The molecule has 0 bridgehead atoms. The van der Waals surface area contributed by atoms with Gasteiger partial charge in [-0.2, -0.15) is 0 Å². The van der Waals surface area contributed by atoms with E-state index in [1.165, 1.54) is 13.0 Å². The summed E-state index contributed by atoms with van der Waals surface area (Å²) < 4.78 is 10.9. The van der Waals surface area contributed by atoms with Gasteiger partial charge in [-0.3, -0.25) is 4.90 Å². The Hall–Kier alpha value is -1.66. The molecule has 6 heteroatoms. The lowest BCUT2D eigenvalue weighted by atomic mass is 10.1. The second kappa shape index (κ2) is 7.07. The van der Waals surface area contributed by atoms with E-state index in [2.05, 4.69) is 33.8 Å². The summed E-state index contributed by atoms with van der Waals surface area (Å²) in [6.45, 7) is 10.8. The molecule has 1 saturated heterocycles. The minimum absolute atomic E-state index is 0.454. The van der Waals surface area contributed by atoms with Crippen molar-refractivity contribution >= 4 is 0 Å². The lowest BCUT2D eigenvalue weighted by Crippen LogP contribution is -2.46. The average Bonchev–Trinajstić information content (AvgIpc) is 3.17. The Morgan fingerprint density at radius 3 is 2.59 bits per heavy atom. The molecule has 0 radical (unpaired) electrons. The predicted octanol–water partition coefficient (Wildman–Crippen LogP) is 2.49. The molecule has 2 aromatic rings. The summed E-state index contributed by atoms with van der Waals surface area (Å²) >= 11 is 0. The smallest absolute Gasteiger partial charge is 0.283 e. The minimum atomic E-state index is 0.454. The molecule has 0 spiro atoms. The summed E-state index contributed by atoms with van der Waals surface area (Å²) in [7, 11) is 0. The van der Waals surface area contributed by atoms with Gasteiger partial charge in [-0.1, -0.05) is 13.8 Å². The van der Waals surface area contributed by atoms with Gasteiger partial charge in [-0.05, 0) is 31.0 Å². The molecule has 0 unspecified atom stereocenters. The monoisotopic (exact) mass is 304 g/mol. The van der Waals surface area contributed by atoms with Crippen molar-refractivity contribution in [3.05, 3.63) is 24.3 Å². The van der Waals surface area contributed by atoms with Crippen molar-refractivity contribution in [3.63, 3.8) is 0 Å². The first-order valence-electron chi connectivity index (χ1n) is 8.01. The summed E-state index contributed by atoms with van der Waals surface area (Å²) in [5.74, 6) is 2.51. The highest BCUT2D eigenvalue weighted by molar-refractivity contribution is 5.42. The first kappa shape index (κ1) is 15.2. The van der Waals surface area contributed by atoms with E-state index in [1.54, 1.807) is 6.26 Å². The lowest BCUT2D eigenvalue weighted by Gasteiger charge is -2.34. The van der Waals surface area contributed by atoms with Crippen LogP contribution in [0.25, 0.3) is 11.7 Å². The summed E-state index contributed by atoms with van der Waals surface area (Å²) in [4.78, 5) is 4.91. The fourth-order valence-corrected chi connectivity index (χ4v) is 2.62. The van der Waals surface area contributed by atoms with Crippen LogP contribution in [-0.4, -0.2) is 52.7 Å². The van der Waals surface area contributed by atoms with Crippen molar-refractivity contribution in [1.82, 2.24) is 20.0 Å². The van der Waals surface area contributed by atoms with Crippen molar-refractivity contribution in [2.45, 2.75) is 26.8 Å². The van der Waals surface area contributed by atoms with Gasteiger partial charge in [0.05, 0.1) is 12.8 Å². The normalized spacial score (nSPS) is 17.4. The van der Waals surface area contributed by atoms with Gasteiger partial charge in [0.1, 0.15) is 0 Å². The minimum Gasteiger partial charge on any atom is -0.459 e. The highest BCUT2D eigenvalue weighted by atomic mass is 16.4. The van der Waals surface area contributed by atoms with Crippen molar-refractivity contribution in [3.8, 4) is 11.7 Å². The Labute approximate surface area is 131 Å². The van der Waals surface area contributed by atoms with Gasteiger partial charge < -0.3 is 13.7 Å². The Bertz CT molecular complexity index is 556. The summed E-state index contributed by atoms with van der Waals surface area (Å²) in [6, 6.07) is 3.64. The van der Waals surface area contributed by atoms with Gasteiger partial charge in [0.2, 0.25) is 5.89 Å². The fraction of sp³-hybridized carbons (Fsp3) is 0.625. The summed E-state index contributed by atoms with van der Waals surface area (Å²) in [6.07, 6.45) is 2.88. The molecular weight excluding hydrogens is 280 g/mol. The highest BCUT2D eigenvalue weighted by Crippen LogP contribution is 2.18. The Balaban J connectivity index is 1.47. The van der Waals surface area contributed by atoms with Gasteiger partial charge in [-0.25, -0.2) is 0 Å². The molecule has 0 N–H and O–H groups in total. The van der Waals surface area contributed by atoms with Crippen molar-refractivity contribution in [2.24, 2.45) is 5.92 Å². The third-order valence-electron chi connectivity index (χ3n) is 4.05. The third-order valence-corrected chi connectivity index (χ3v) is 4.05. The predicted molar refractivity (Wildman–Crippen MR) is 83.2 cm³/mol. The maximum atomic E-state index is 5.67. The quantitative estimate of drug-likeness (QED) is 0.817. The number of furan rings is 1. The molecule has 1 aliphatic heterocycles. The Morgan fingerprint density at radius 2 is 1.91 bits per heavy atom. The molecule has 22 heavy (non-hydrogen) atoms. The molecule has 1 fully saturated rings. The molecule has 0 saturated carbocycles. The molecule has 3 heterocycles. The van der Waals surface area contributed by atoms with Gasteiger partial charge in [0, 0.05) is 26.2 Å².